The maximum atomic E-state index is 11.6. The Bertz CT molecular complexity index is 169. The molecule has 0 spiro atoms. The predicted molar refractivity (Wildman–Crippen MR) is 54.4 cm³/mol. The van der Waals surface area contributed by atoms with Crippen molar-refractivity contribution in [3.05, 3.63) is 0 Å². The Morgan fingerprint density at radius 2 is 1.92 bits per heavy atom. The Morgan fingerprint density at radius 3 is 2.31 bits per heavy atom. The molecule has 1 rings (SSSR count). The zero-order valence-corrected chi connectivity index (χ0v) is 8.75. The van der Waals surface area contributed by atoms with Crippen LogP contribution in [0.1, 0.15) is 46.0 Å². The number of rotatable bonds is 3. The molecule has 2 heteroatoms. The van der Waals surface area contributed by atoms with Crippen molar-refractivity contribution in [1.82, 2.24) is 0 Å². The molecule has 76 valence electrons. The quantitative estimate of drug-likeness (QED) is 0.728. The first-order valence-electron chi connectivity index (χ1n) is 5.44. The molecular weight excluding hydrogens is 162 g/mol. The number of hydrogen-bond donors (Lipinski definition) is 1. The molecule has 0 aromatic carbocycles. The maximum absolute atomic E-state index is 11.6. The zero-order chi connectivity index (χ0) is 9.84. The molecule has 2 N–H and O–H groups in total. The number of carbonyl (C=O) groups is 1. The van der Waals surface area contributed by atoms with Gasteiger partial charge in [-0.2, -0.15) is 0 Å². The summed E-state index contributed by atoms with van der Waals surface area (Å²) in [4.78, 5) is 11.6. The molecule has 0 amide bonds. The van der Waals surface area contributed by atoms with Crippen molar-refractivity contribution in [2.75, 3.05) is 0 Å². The van der Waals surface area contributed by atoms with E-state index in [1.54, 1.807) is 6.92 Å². The minimum Gasteiger partial charge on any atom is -0.322 e. The van der Waals surface area contributed by atoms with Gasteiger partial charge in [-0.05, 0) is 38.5 Å². The average Bonchev–Trinajstić information content (AvgIpc) is 2.17. The van der Waals surface area contributed by atoms with Crippen LogP contribution in [0.4, 0.5) is 0 Å². The third-order valence-corrected chi connectivity index (χ3v) is 3.28. The summed E-state index contributed by atoms with van der Waals surface area (Å²) in [5.74, 6) is 1.40. The zero-order valence-electron chi connectivity index (χ0n) is 8.75. The van der Waals surface area contributed by atoms with Gasteiger partial charge in [-0.15, -0.1) is 0 Å². The minimum atomic E-state index is -0.261. The summed E-state index contributed by atoms with van der Waals surface area (Å²) in [6.45, 7) is 4.03. The summed E-state index contributed by atoms with van der Waals surface area (Å²) in [6.07, 6.45) is 5.84. The lowest BCUT2D eigenvalue weighted by Gasteiger charge is -2.27. The summed E-state index contributed by atoms with van der Waals surface area (Å²) in [7, 11) is 0. The summed E-state index contributed by atoms with van der Waals surface area (Å²) < 4.78 is 0. The van der Waals surface area contributed by atoms with Crippen LogP contribution in [-0.4, -0.2) is 11.8 Å². The molecule has 0 radical (unpaired) electrons. The van der Waals surface area contributed by atoms with Crippen molar-refractivity contribution >= 4 is 5.78 Å². The van der Waals surface area contributed by atoms with E-state index < -0.39 is 0 Å². The van der Waals surface area contributed by atoms with E-state index in [0.29, 0.717) is 0 Å². The summed E-state index contributed by atoms with van der Waals surface area (Å²) in [5.41, 5.74) is 5.58. The Kier molecular flexibility index (Phi) is 3.91. The van der Waals surface area contributed by atoms with Crippen molar-refractivity contribution in [1.29, 1.82) is 0 Å². The van der Waals surface area contributed by atoms with E-state index >= 15 is 0 Å². The SMILES string of the molecule is CCC1CCC(C(=O)C(C)N)CC1. The van der Waals surface area contributed by atoms with E-state index in [1.807, 2.05) is 0 Å². The van der Waals surface area contributed by atoms with E-state index in [2.05, 4.69) is 6.92 Å². The molecule has 13 heavy (non-hydrogen) atoms. The summed E-state index contributed by atoms with van der Waals surface area (Å²) >= 11 is 0. The first kappa shape index (κ1) is 10.7. The highest BCUT2D eigenvalue weighted by Crippen LogP contribution is 2.31. The van der Waals surface area contributed by atoms with Gasteiger partial charge in [0.25, 0.3) is 0 Å². The molecule has 0 bridgehead atoms. The Balaban J connectivity index is 2.36. The molecule has 0 heterocycles. The number of Topliss-reactive ketones (excluding diaryl/α,β-unsaturated/α-hetero) is 1. The second kappa shape index (κ2) is 4.75. The van der Waals surface area contributed by atoms with Crippen LogP contribution in [0.5, 0.6) is 0 Å². The smallest absolute Gasteiger partial charge is 0.152 e. The van der Waals surface area contributed by atoms with Crippen molar-refractivity contribution in [2.24, 2.45) is 17.6 Å². The molecule has 0 aromatic heterocycles. The Hall–Kier alpha value is -0.370. The second-order valence-corrected chi connectivity index (χ2v) is 4.32. The highest BCUT2D eigenvalue weighted by atomic mass is 16.1. The second-order valence-electron chi connectivity index (χ2n) is 4.32. The lowest BCUT2D eigenvalue weighted by Crippen LogP contribution is -2.34. The summed E-state index contributed by atoms with van der Waals surface area (Å²) in [6, 6.07) is -0.261. The van der Waals surface area contributed by atoms with Crippen LogP contribution < -0.4 is 5.73 Å². The molecule has 0 saturated heterocycles. The van der Waals surface area contributed by atoms with E-state index in [-0.39, 0.29) is 17.7 Å². The molecule has 1 fully saturated rings. The largest absolute Gasteiger partial charge is 0.322 e. The number of ketones is 1. The fourth-order valence-corrected chi connectivity index (χ4v) is 2.23. The standard InChI is InChI=1S/C11H21NO/c1-3-9-4-6-10(7-5-9)11(13)8(2)12/h8-10H,3-7,12H2,1-2H3. The van der Waals surface area contributed by atoms with Crippen molar-refractivity contribution in [2.45, 2.75) is 52.0 Å². The first-order chi connectivity index (χ1) is 6.15. The monoisotopic (exact) mass is 183 g/mol. The van der Waals surface area contributed by atoms with Crippen LogP contribution in [-0.2, 0) is 4.79 Å². The van der Waals surface area contributed by atoms with Crippen molar-refractivity contribution < 1.29 is 4.79 Å². The van der Waals surface area contributed by atoms with E-state index in [4.69, 9.17) is 5.73 Å². The molecule has 1 atom stereocenters. The van der Waals surface area contributed by atoms with Gasteiger partial charge >= 0.3 is 0 Å². The van der Waals surface area contributed by atoms with Gasteiger partial charge < -0.3 is 5.73 Å². The van der Waals surface area contributed by atoms with Gasteiger partial charge in [-0.3, -0.25) is 4.79 Å². The van der Waals surface area contributed by atoms with Gasteiger partial charge in [-0.1, -0.05) is 13.3 Å². The normalized spacial score (nSPS) is 31.3. The number of hydrogen-bond acceptors (Lipinski definition) is 2. The van der Waals surface area contributed by atoms with Crippen LogP contribution in [0, 0.1) is 11.8 Å². The van der Waals surface area contributed by atoms with Crippen LogP contribution in [0.2, 0.25) is 0 Å². The van der Waals surface area contributed by atoms with Gasteiger partial charge in [0.1, 0.15) is 0 Å². The van der Waals surface area contributed by atoms with Crippen LogP contribution in [0.25, 0.3) is 0 Å². The van der Waals surface area contributed by atoms with Gasteiger partial charge in [0.05, 0.1) is 6.04 Å². The third kappa shape index (κ3) is 2.80. The van der Waals surface area contributed by atoms with Crippen molar-refractivity contribution in [3.8, 4) is 0 Å². The maximum Gasteiger partial charge on any atom is 0.152 e. The number of nitrogens with two attached hydrogens (primary N) is 1. The van der Waals surface area contributed by atoms with Gasteiger partial charge in [0.2, 0.25) is 0 Å². The third-order valence-electron chi connectivity index (χ3n) is 3.28. The highest BCUT2D eigenvalue weighted by molar-refractivity contribution is 5.85. The Labute approximate surface area is 80.9 Å². The fraction of sp³-hybridized carbons (Fsp3) is 0.909. The highest BCUT2D eigenvalue weighted by Gasteiger charge is 2.26. The molecular formula is C11H21NO. The minimum absolute atomic E-state index is 0.261. The van der Waals surface area contributed by atoms with Crippen LogP contribution in [0.3, 0.4) is 0 Å². The van der Waals surface area contributed by atoms with Gasteiger partial charge in [0.15, 0.2) is 5.78 Å². The molecule has 1 aliphatic carbocycles. The van der Waals surface area contributed by atoms with E-state index in [1.165, 1.54) is 19.3 Å². The van der Waals surface area contributed by atoms with Gasteiger partial charge in [0, 0.05) is 5.92 Å². The molecule has 1 aliphatic rings. The fourth-order valence-electron chi connectivity index (χ4n) is 2.23. The Morgan fingerprint density at radius 1 is 1.38 bits per heavy atom. The average molecular weight is 183 g/mol. The van der Waals surface area contributed by atoms with Crippen molar-refractivity contribution in [3.63, 3.8) is 0 Å². The lowest BCUT2D eigenvalue weighted by atomic mass is 9.78. The lowest BCUT2D eigenvalue weighted by molar-refractivity contribution is -0.125. The van der Waals surface area contributed by atoms with Crippen LogP contribution in [0.15, 0.2) is 0 Å². The summed E-state index contributed by atoms with van der Waals surface area (Å²) in [5, 5.41) is 0. The molecule has 1 saturated carbocycles. The first-order valence-corrected chi connectivity index (χ1v) is 5.44. The molecule has 0 aliphatic heterocycles. The predicted octanol–water partition coefficient (Wildman–Crippen LogP) is 2.12. The van der Waals surface area contributed by atoms with E-state index in [0.717, 1.165) is 18.8 Å². The topological polar surface area (TPSA) is 43.1 Å². The number of carbonyl (C=O) groups excluding carboxylic acids is 1. The van der Waals surface area contributed by atoms with E-state index in [9.17, 15) is 4.79 Å². The molecule has 0 aromatic rings. The molecule has 2 nitrogen and oxygen atoms in total. The van der Waals surface area contributed by atoms with Crippen LogP contribution >= 0.6 is 0 Å². The van der Waals surface area contributed by atoms with Gasteiger partial charge in [-0.25, -0.2) is 0 Å². The molecule has 1 unspecified atom stereocenters.